The number of anilines is 3. The molecule has 5 rings (SSSR count). The van der Waals surface area contributed by atoms with Gasteiger partial charge in [0.05, 0.1) is 42.9 Å². The number of esters is 1. The second kappa shape index (κ2) is 19.1. The average Bonchev–Trinajstić information content (AvgIpc) is 3.18. The minimum Gasteiger partial charge on any atom is -0.491 e. The fraction of sp³-hybridized carbons (Fsp3) is 0.304. The minimum atomic E-state index is -0.713. The standard InChI is InChI=1S/C46H51N3O9/c1-28(2)25-55-40-23-34(16-19-38(40)49-45(53)58-46(5,6)7)43(51)47-36-18-15-33(22-39(36)57-27-30-13-14-31-11-9-10-12-32(31)21-30)42(50)48-37-20-17-35(44(52)54-8)24-41(37)56-26-29(3)4/h9-24,28-29H,25-27H2,1-8H3,(H,47,51)(H,48,50)(H,49,53). The molecule has 3 amide bonds. The van der Waals surface area contributed by atoms with Gasteiger partial charge in [0.2, 0.25) is 0 Å². The van der Waals surface area contributed by atoms with E-state index in [-0.39, 0.29) is 40.9 Å². The molecule has 0 saturated heterocycles. The van der Waals surface area contributed by atoms with Crippen molar-refractivity contribution < 1.29 is 42.9 Å². The van der Waals surface area contributed by atoms with Crippen LogP contribution in [0, 0.1) is 11.8 Å². The van der Waals surface area contributed by atoms with Gasteiger partial charge in [-0.1, -0.05) is 64.1 Å². The zero-order chi connectivity index (χ0) is 42.0. The van der Waals surface area contributed by atoms with Crippen molar-refractivity contribution in [3.8, 4) is 17.2 Å². The molecule has 0 saturated carbocycles. The van der Waals surface area contributed by atoms with Crippen molar-refractivity contribution >= 4 is 51.7 Å². The van der Waals surface area contributed by atoms with Gasteiger partial charge in [-0.2, -0.15) is 0 Å². The van der Waals surface area contributed by atoms with Crippen LogP contribution in [-0.4, -0.2) is 49.8 Å². The van der Waals surface area contributed by atoms with E-state index in [0.29, 0.717) is 41.8 Å². The first-order chi connectivity index (χ1) is 27.6. The third kappa shape index (κ3) is 12.0. The molecule has 5 aromatic carbocycles. The van der Waals surface area contributed by atoms with E-state index < -0.39 is 29.5 Å². The van der Waals surface area contributed by atoms with Crippen LogP contribution in [0.5, 0.6) is 17.2 Å². The molecule has 0 aliphatic rings. The molecule has 0 heterocycles. The summed E-state index contributed by atoms with van der Waals surface area (Å²) < 4.78 is 28.6. The number of ether oxygens (including phenoxy) is 5. The van der Waals surface area contributed by atoms with Gasteiger partial charge in [-0.15, -0.1) is 0 Å². The van der Waals surface area contributed by atoms with Crippen LogP contribution in [0.25, 0.3) is 10.8 Å². The molecule has 12 nitrogen and oxygen atoms in total. The first-order valence-corrected chi connectivity index (χ1v) is 19.1. The fourth-order valence-corrected chi connectivity index (χ4v) is 5.57. The Hall–Kier alpha value is -6.56. The number of rotatable bonds is 15. The van der Waals surface area contributed by atoms with Crippen LogP contribution in [0.1, 0.15) is 85.1 Å². The Labute approximate surface area is 339 Å². The maximum atomic E-state index is 13.8. The molecular weight excluding hydrogens is 739 g/mol. The van der Waals surface area contributed by atoms with E-state index in [2.05, 4.69) is 16.0 Å². The lowest BCUT2D eigenvalue weighted by molar-refractivity contribution is 0.0597. The number of amides is 3. The number of hydrogen-bond acceptors (Lipinski definition) is 9. The van der Waals surface area contributed by atoms with E-state index in [0.717, 1.165) is 16.3 Å². The SMILES string of the molecule is COC(=O)c1ccc(NC(=O)c2ccc(NC(=O)c3ccc(NC(=O)OC(C)(C)C)c(OCC(C)C)c3)c(OCc3ccc4ccccc4c3)c2)c(OCC(C)C)c1. The fourth-order valence-electron chi connectivity index (χ4n) is 5.57. The summed E-state index contributed by atoms with van der Waals surface area (Å²) in [5, 5.41) is 10.6. The predicted octanol–water partition coefficient (Wildman–Crippen LogP) is 10.1. The number of nitrogens with one attached hydrogen (secondary N) is 3. The first kappa shape index (κ1) is 42.6. The third-order valence-electron chi connectivity index (χ3n) is 8.37. The molecule has 0 atom stereocenters. The average molecular weight is 790 g/mol. The minimum absolute atomic E-state index is 0.138. The second-order valence-corrected chi connectivity index (χ2v) is 15.5. The molecule has 0 aliphatic heterocycles. The van der Waals surface area contributed by atoms with Crippen molar-refractivity contribution in [1.29, 1.82) is 0 Å². The summed E-state index contributed by atoms with van der Waals surface area (Å²) in [6.45, 7) is 14.1. The van der Waals surface area contributed by atoms with Crippen molar-refractivity contribution in [1.82, 2.24) is 0 Å². The summed E-state index contributed by atoms with van der Waals surface area (Å²) in [5.74, 6) is -0.298. The van der Waals surface area contributed by atoms with Gasteiger partial charge in [0, 0.05) is 11.1 Å². The summed E-state index contributed by atoms with van der Waals surface area (Å²) in [6, 6.07) is 28.0. The summed E-state index contributed by atoms with van der Waals surface area (Å²) in [6.07, 6.45) is -0.658. The molecular formula is C46H51N3O9. The second-order valence-electron chi connectivity index (χ2n) is 15.5. The Morgan fingerprint density at radius 2 is 1.05 bits per heavy atom. The van der Waals surface area contributed by atoms with Crippen LogP contribution in [0.2, 0.25) is 0 Å². The summed E-state index contributed by atoms with van der Waals surface area (Å²) in [4.78, 5) is 52.5. The maximum absolute atomic E-state index is 13.8. The van der Waals surface area contributed by atoms with Gasteiger partial charge in [0.1, 0.15) is 29.5 Å². The Kier molecular flexibility index (Phi) is 14.0. The van der Waals surface area contributed by atoms with Gasteiger partial charge in [-0.25, -0.2) is 9.59 Å². The van der Waals surface area contributed by atoms with E-state index in [1.54, 1.807) is 69.3 Å². The van der Waals surface area contributed by atoms with Gasteiger partial charge in [-0.05, 0) is 110 Å². The summed E-state index contributed by atoms with van der Waals surface area (Å²) in [5.41, 5.74) is 1.94. The van der Waals surface area contributed by atoms with Crippen molar-refractivity contribution in [2.24, 2.45) is 11.8 Å². The largest absolute Gasteiger partial charge is 0.491 e. The predicted molar refractivity (Wildman–Crippen MR) is 225 cm³/mol. The Bertz CT molecular complexity index is 2280. The highest BCUT2D eigenvalue weighted by molar-refractivity contribution is 6.08. The van der Waals surface area contributed by atoms with Gasteiger partial charge < -0.3 is 34.3 Å². The zero-order valence-corrected chi connectivity index (χ0v) is 34.2. The van der Waals surface area contributed by atoms with E-state index >= 15 is 0 Å². The monoisotopic (exact) mass is 789 g/mol. The zero-order valence-electron chi connectivity index (χ0n) is 34.2. The number of carbonyl (C=O) groups excluding carboxylic acids is 4. The van der Waals surface area contributed by atoms with Gasteiger partial charge in [0.25, 0.3) is 11.8 Å². The maximum Gasteiger partial charge on any atom is 0.412 e. The Balaban J connectivity index is 1.44. The molecule has 0 radical (unpaired) electrons. The van der Waals surface area contributed by atoms with E-state index in [9.17, 15) is 19.2 Å². The molecule has 0 aromatic heterocycles. The molecule has 0 unspecified atom stereocenters. The van der Waals surface area contributed by atoms with Crippen molar-refractivity contribution in [2.45, 2.75) is 60.7 Å². The van der Waals surface area contributed by atoms with Crippen LogP contribution < -0.4 is 30.2 Å². The van der Waals surface area contributed by atoms with Crippen LogP contribution in [-0.2, 0) is 16.1 Å². The van der Waals surface area contributed by atoms with E-state index in [1.807, 2.05) is 70.2 Å². The van der Waals surface area contributed by atoms with Crippen molar-refractivity contribution in [2.75, 3.05) is 36.3 Å². The third-order valence-corrected chi connectivity index (χ3v) is 8.37. The molecule has 0 aliphatic carbocycles. The van der Waals surface area contributed by atoms with E-state index in [4.69, 9.17) is 23.7 Å². The van der Waals surface area contributed by atoms with Gasteiger partial charge in [0.15, 0.2) is 0 Å². The highest BCUT2D eigenvalue weighted by atomic mass is 16.6. The lowest BCUT2D eigenvalue weighted by atomic mass is 10.1. The van der Waals surface area contributed by atoms with Crippen LogP contribution in [0.15, 0.2) is 97.1 Å². The molecule has 12 heteroatoms. The molecule has 0 fully saturated rings. The molecule has 304 valence electrons. The lowest BCUT2D eigenvalue weighted by Gasteiger charge is -2.21. The highest BCUT2D eigenvalue weighted by Gasteiger charge is 2.21. The van der Waals surface area contributed by atoms with Gasteiger partial charge >= 0.3 is 12.1 Å². The quantitative estimate of drug-likeness (QED) is 0.0881. The number of carbonyl (C=O) groups is 4. The Morgan fingerprint density at radius 1 is 0.569 bits per heavy atom. The number of hydrogen-bond donors (Lipinski definition) is 3. The molecule has 0 bridgehead atoms. The van der Waals surface area contributed by atoms with Crippen molar-refractivity contribution in [3.05, 3.63) is 119 Å². The lowest BCUT2D eigenvalue weighted by Crippen LogP contribution is -2.27. The molecule has 58 heavy (non-hydrogen) atoms. The molecule has 3 N–H and O–H groups in total. The van der Waals surface area contributed by atoms with Crippen molar-refractivity contribution in [3.63, 3.8) is 0 Å². The smallest absolute Gasteiger partial charge is 0.412 e. The molecule has 5 aromatic rings. The van der Waals surface area contributed by atoms with Crippen LogP contribution >= 0.6 is 0 Å². The van der Waals surface area contributed by atoms with Gasteiger partial charge in [-0.3, -0.25) is 14.9 Å². The highest BCUT2D eigenvalue weighted by Crippen LogP contribution is 2.33. The normalized spacial score (nSPS) is 11.2. The topological polar surface area (TPSA) is 151 Å². The molecule has 0 spiro atoms. The summed E-state index contributed by atoms with van der Waals surface area (Å²) >= 11 is 0. The number of benzene rings is 5. The summed E-state index contributed by atoms with van der Waals surface area (Å²) in [7, 11) is 1.29. The van der Waals surface area contributed by atoms with E-state index in [1.165, 1.54) is 13.2 Å². The van der Waals surface area contributed by atoms with Crippen LogP contribution in [0.4, 0.5) is 21.9 Å². The number of methoxy groups -OCH3 is 1. The first-order valence-electron chi connectivity index (χ1n) is 19.1. The number of fused-ring (bicyclic) bond motifs is 1. The Morgan fingerprint density at radius 3 is 1.57 bits per heavy atom. The van der Waals surface area contributed by atoms with Crippen LogP contribution in [0.3, 0.4) is 0 Å².